The van der Waals surface area contributed by atoms with E-state index in [0.29, 0.717) is 12.0 Å². The molecule has 1 atom stereocenters. The highest BCUT2D eigenvalue weighted by Gasteiger charge is 2.39. The predicted octanol–water partition coefficient (Wildman–Crippen LogP) is 5.71. The summed E-state index contributed by atoms with van der Waals surface area (Å²) in [7, 11) is -0.893. The number of carbonyl (C=O) groups is 3. The molecule has 1 aliphatic carbocycles. The molecule has 3 nitrogen and oxygen atoms in total. The number of hydrogen-bond donors (Lipinski definition) is 0. The molecule has 0 radical (unpaired) electrons. The summed E-state index contributed by atoms with van der Waals surface area (Å²) in [5.74, 6) is -1.93. The van der Waals surface area contributed by atoms with Crippen LogP contribution in [0.15, 0.2) is 24.3 Å². The number of hydrogen-bond acceptors (Lipinski definition) is 3. The van der Waals surface area contributed by atoms with Crippen LogP contribution in [-0.2, 0) is 4.79 Å². The van der Waals surface area contributed by atoms with Crippen LogP contribution in [0, 0.1) is 5.92 Å². The van der Waals surface area contributed by atoms with E-state index in [0.717, 1.165) is 19.3 Å². The summed E-state index contributed by atoms with van der Waals surface area (Å²) in [6, 6.07) is 8.09. The van der Waals surface area contributed by atoms with Crippen LogP contribution in [0.1, 0.15) is 72.1 Å². The van der Waals surface area contributed by atoms with E-state index in [1.54, 1.807) is 24.3 Å². The van der Waals surface area contributed by atoms with Crippen molar-refractivity contribution in [3.63, 3.8) is 0 Å². The Hall–Kier alpha value is -1.55. The lowest BCUT2D eigenvalue weighted by atomic mass is 9.78. The molecule has 1 aromatic carbocycles. The number of rotatable bonds is 10. The minimum atomic E-state index is -0.893. The first-order valence-electron chi connectivity index (χ1n) is 10.0. The van der Waals surface area contributed by atoms with Crippen LogP contribution in [0.4, 0.5) is 0 Å². The summed E-state index contributed by atoms with van der Waals surface area (Å²) in [5.41, 5.74) is 0.696. The van der Waals surface area contributed by atoms with E-state index in [9.17, 15) is 14.4 Å². The van der Waals surface area contributed by atoms with Gasteiger partial charge in [0, 0.05) is 19.2 Å². The van der Waals surface area contributed by atoms with Crippen molar-refractivity contribution < 1.29 is 14.4 Å². The summed E-state index contributed by atoms with van der Waals surface area (Å²) in [5, 5.41) is 0. The third-order valence-electron chi connectivity index (χ3n) is 5.21. The normalized spacial score (nSPS) is 17.5. The first-order chi connectivity index (χ1) is 12.3. The molecule has 0 saturated heterocycles. The topological polar surface area (TPSA) is 51.2 Å². The largest absolute Gasteiger partial charge is 0.293 e. The molecule has 26 heavy (non-hydrogen) atoms. The molecule has 142 valence electrons. The van der Waals surface area contributed by atoms with Gasteiger partial charge in [-0.05, 0) is 6.42 Å². The van der Waals surface area contributed by atoms with Crippen molar-refractivity contribution >= 4 is 25.4 Å². The van der Waals surface area contributed by atoms with Crippen molar-refractivity contribution in [2.45, 2.75) is 77.1 Å². The second kappa shape index (κ2) is 9.40. The average Bonchev–Trinajstić information content (AvgIpc) is 2.60. The Bertz CT molecular complexity index is 658. The second-order valence-electron chi connectivity index (χ2n) is 8.73. The first kappa shape index (κ1) is 20.8. The van der Waals surface area contributed by atoms with E-state index >= 15 is 0 Å². The van der Waals surface area contributed by atoms with E-state index in [4.69, 9.17) is 0 Å². The number of carbonyl (C=O) groups excluding carboxylic acids is 3. The quantitative estimate of drug-likeness (QED) is 0.229. The number of Topliss-reactive ketones (excluding diaryl/α,β-unsaturated/α-hetero) is 3. The summed E-state index contributed by atoms with van der Waals surface area (Å²) >= 11 is 0. The summed E-state index contributed by atoms with van der Waals surface area (Å²) < 4.78 is 0. The molecular formula is C22H32O3Si. The van der Waals surface area contributed by atoms with E-state index in [1.807, 2.05) is 0 Å². The molecule has 0 fully saturated rings. The highest BCUT2D eigenvalue weighted by molar-refractivity contribution is 6.76. The Balaban J connectivity index is 1.68. The number of unbranched alkanes of at least 4 members (excludes halogenated alkanes) is 6. The third-order valence-corrected chi connectivity index (χ3v) is 7.07. The molecule has 0 bridgehead atoms. The van der Waals surface area contributed by atoms with Crippen molar-refractivity contribution in [3.8, 4) is 0 Å². The molecule has 1 aliphatic rings. The van der Waals surface area contributed by atoms with Gasteiger partial charge in [-0.1, -0.05) is 94.9 Å². The van der Waals surface area contributed by atoms with Gasteiger partial charge in [0.2, 0.25) is 11.6 Å². The van der Waals surface area contributed by atoms with Crippen molar-refractivity contribution in [1.82, 2.24) is 0 Å². The van der Waals surface area contributed by atoms with Crippen molar-refractivity contribution in [2.24, 2.45) is 5.92 Å². The Morgan fingerprint density at radius 1 is 0.731 bits per heavy atom. The number of ketones is 3. The van der Waals surface area contributed by atoms with Gasteiger partial charge in [-0.2, -0.15) is 0 Å². The Labute approximate surface area is 158 Å². The third kappa shape index (κ3) is 5.73. The van der Waals surface area contributed by atoms with Gasteiger partial charge in [0.1, 0.15) is 0 Å². The summed E-state index contributed by atoms with van der Waals surface area (Å²) in [6.45, 7) is 7.26. The fourth-order valence-corrected chi connectivity index (χ4v) is 4.95. The molecule has 0 amide bonds. The van der Waals surface area contributed by atoms with Gasteiger partial charge < -0.3 is 0 Å². The van der Waals surface area contributed by atoms with Gasteiger partial charge >= 0.3 is 0 Å². The molecule has 0 saturated carbocycles. The van der Waals surface area contributed by atoms with Gasteiger partial charge in [-0.25, -0.2) is 0 Å². The monoisotopic (exact) mass is 372 g/mol. The van der Waals surface area contributed by atoms with Crippen LogP contribution < -0.4 is 0 Å². The van der Waals surface area contributed by atoms with Crippen LogP contribution in [0.25, 0.3) is 0 Å². The van der Waals surface area contributed by atoms with E-state index in [-0.39, 0.29) is 11.3 Å². The van der Waals surface area contributed by atoms with E-state index in [1.165, 1.54) is 31.7 Å². The maximum atomic E-state index is 12.5. The summed E-state index contributed by atoms with van der Waals surface area (Å²) in [4.78, 5) is 37.0. The average molecular weight is 373 g/mol. The summed E-state index contributed by atoms with van der Waals surface area (Å²) in [6.07, 6.45) is 8.68. The maximum absolute atomic E-state index is 12.5. The minimum Gasteiger partial charge on any atom is -0.293 e. The van der Waals surface area contributed by atoms with Gasteiger partial charge in [0.15, 0.2) is 5.78 Å². The van der Waals surface area contributed by atoms with Gasteiger partial charge in [-0.3, -0.25) is 14.4 Å². The number of fused-ring (bicyclic) bond motifs is 1. The number of benzene rings is 1. The lowest BCUT2D eigenvalue weighted by Gasteiger charge is -2.20. The van der Waals surface area contributed by atoms with Crippen LogP contribution in [0.2, 0.25) is 25.7 Å². The molecule has 0 spiro atoms. The Morgan fingerprint density at radius 2 is 1.27 bits per heavy atom. The lowest BCUT2D eigenvalue weighted by molar-refractivity contribution is -0.117. The lowest BCUT2D eigenvalue weighted by Crippen LogP contribution is -2.36. The Morgan fingerprint density at radius 3 is 1.88 bits per heavy atom. The van der Waals surface area contributed by atoms with E-state index in [2.05, 4.69) is 19.6 Å². The molecule has 0 aromatic heterocycles. The van der Waals surface area contributed by atoms with Crippen molar-refractivity contribution in [3.05, 3.63) is 35.4 Å². The molecule has 0 N–H and O–H groups in total. The molecule has 0 aliphatic heterocycles. The van der Waals surface area contributed by atoms with Crippen molar-refractivity contribution in [1.29, 1.82) is 0 Å². The van der Waals surface area contributed by atoms with Crippen molar-refractivity contribution in [2.75, 3.05) is 0 Å². The van der Waals surface area contributed by atoms with Gasteiger partial charge in [-0.15, -0.1) is 0 Å². The maximum Gasteiger partial charge on any atom is 0.230 e. The minimum absolute atomic E-state index is 0.170. The SMILES string of the molecule is C[Si](C)(C)CCCCCCCCCC1C(=O)C(=O)c2ccccc2C1=O. The van der Waals surface area contributed by atoms with Crippen LogP contribution in [0.3, 0.4) is 0 Å². The zero-order valence-corrected chi connectivity index (χ0v) is 17.5. The van der Waals surface area contributed by atoms with Crippen LogP contribution >= 0.6 is 0 Å². The molecular weight excluding hydrogens is 340 g/mol. The molecule has 1 unspecified atom stereocenters. The van der Waals surface area contributed by atoms with Gasteiger partial charge in [0.05, 0.1) is 5.92 Å². The molecule has 0 heterocycles. The zero-order valence-electron chi connectivity index (χ0n) is 16.5. The second-order valence-corrected chi connectivity index (χ2v) is 14.4. The smallest absolute Gasteiger partial charge is 0.230 e. The van der Waals surface area contributed by atoms with E-state index < -0.39 is 25.6 Å². The standard InChI is InChI=1S/C22H32O3Si/c1-26(2,3)16-12-8-6-4-5-7-9-15-19-20(23)17-13-10-11-14-18(17)21(24)22(19)25/h10-11,13-14,19H,4-9,12,15-16H2,1-3H3. The molecule has 1 aromatic rings. The molecule has 2 rings (SSSR count). The molecule has 4 heteroatoms. The first-order valence-corrected chi connectivity index (χ1v) is 13.7. The highest BCUT2D eigenvalue weighted by atomic mass is 28.3. The fourth-order valence-electron chi connectivity index (χ4n) is 3.64. The van der Waals surface area contributed by atoms with Gasteiger partial charge in [0.25, 0.3) is 0 Å². The Kier molecular flexibility index (Phi) is 7.51. The fraction of sp³-hybridized carbons (Fsp3) is 0.591. The highest BCUT2D eigenvalue weighted by Crippen LogP contribution is 2.27. The zero-order chi connectivity index (χ0) is 19.2. The predicted molar refractivity (Wildman–Crippen MR) is 109 cm³/mol. The van der Waals surface area contributed by atoms with Crippen LogP contribution in [-0.4, -0.2) is 25.4 Å². The van der Waals surface area contributed by atoms with Crippen LogP contribution in [0.5, 0.6) is 0 Å².